The van der Waals surface area contributed by atoms with E-state index in [0.29, 0.717) is 5.75 Å². The number of aryl methyl sites for hydroxylation is 1. The first-order chi connectivity index (χ1) is 5.24. The van der Waals surface area contributed by atoms with Gasteiger partial charge in [0.05, 0.1) is 0 Å². The van der Waals surface area contributed by atoms with Crippen molar-refractivity contribution in [3.63, 3.8) is 0 Å². The first-order valence-electron chi connectivity index (χ1n) is 3.09. The Balaban J connectivity index is 3.12. The molecule has 1 rings (SSSR count). The molecule has 1 N–H and O–H groups in total. The Bertz CT molecular complexity index is 283. The molecule has 0 saturated carbocycles. The summed E-state index contributed by atoms with van der Waals surface area (Å²) < 4.78 is 1.87. The van der Waals surface area contributed by atoms with Crippen LogP contribution in [-0.4, -0.2) is 9.72 Å². The first-order valence-corrected chi connectivity index (χ1v) is 6.33. The number of hydrogen-bond donors (Lipinski definition) is 1. The second kappa shape index (κ2) is 3.99. The molecule has 3 heteroatoms. The van der Waals surface area contributed by atoms with Gasteiger partial charge in [-0.25, -0.2) is 0 Å². The molecule has 0 unspecified atom stereocenters. The van der Waals surface area contributed by atoms with E-state index in [0.717, 1.165) is 11.1 Å². The van der Waals surface area contributed by atoms with Crippen LogP contribution in [0.25, 0.3) is 0 Å². The molecule has 0 spiro atoms. The average Bonchev–Trinajstić information content (AvgIpc) is 1.98. The van der Waals surface area contributed by atoms with Gasteiger partial charge in [-0.05, 0) is 0 Å². The van der Waals surface area contributed by atoms with Crippen LogP contribution in [0.15, 0.2) is 18.2 Å². The number of phenolic OH excluding ortho intramolecular Hbond substituents is 1. The topological polar surface area (TPSA) is 20.2 Å². The summed E-state index contributed by atoms with van der Waals surface area (Å²) in [6.07, 6.45) is 0. The summed E-state index contributed by atoms with van der Waals surface area (Å²) in [5.41, 5.74) is 1.98. The number of aromatic hydroxyl groups is 1. The van der Waals surface area contributed by atoms with E-state index in [1.54, 1.807) is 6.07 Å². The van der Waals surface area contributed by atoms with Gasteiger partial charge in [0.15, 0.2) is 0 Å². The van der Waals surface area contributed by atoms with E-state index in [9.17, 15) is 5.11 Å². The van der Waals surface area contributed by atoms with E-state index in [-0.39, 0.29) is 15.7 Å². The fraction of sp³-hybridized carbons (Fsp3) is 0.125. The monoisotopic (exact) mass is 257 g/mol. The van der Waals surface area contributed by atoms with Crippen molar-refractivity contribution in [2.24, 2.45) is 0 Å². The van der Waals surface area contributed by atoms with E-state index >= 15 is 0 Å². The van der Waals surface area contributed by atoms with Crippen LogP contribution >= 0.6 is 9.69 Å². The Hall–Kier alpha value is -0.197. The molecule has 0 aliphatic heterocycles. The van der Waals surface area contributed by atoms with E-state index in [2.05, 4.69) is 0 Å². The van der Waals surface area contributed by atoms with Crippen molar-refractivity contribution in [1.82, 2.24) is 0 Å². The number of rotatable bonds is 1. The van der Waals surface area contributed by atoms with Crippen LogP contribution in [0, 0.1) is 6.92 Å². The maximum absolute atomic E-state index is 9.29. The van der Waals surface area contributed by atoms with Crippen molar-refractivity contribution in [2.45, 2.75) is 6.92 Å². The molecule has 0 saturated heterocycles. The summed E-state index contributed by atoms with van der Waals surface area (Å²) in [5.74, 6) is 0.311. The summed E-state index contributed by atoms with van der Waals surface area (Å²) >= 11 is -0.261. The van der Waals surface area contributed by atoms with Gasteiger partial charge in [0.1, 0.15) is 0 Å². The summed E-state index contributed by atoms with van der Waals surface area (Å²) in [4.78, 5) is 0. The first kappa shape index (κ1) is 8.90. The zero-order valence-electron chi connectivity index (χ0n) is 5.99. The molecule has 1 nitrogen and oxygen atoms in total. The second-order valence-corrected chi connectivity index (χ2v) is 4.04. The molecule has 0 aromatic heterocycles. The molecule has 0 atom stereocenters. The molecule has 0 bridgehead atoms. The zero-order valence-corrected chi connectivity index (χ0v) is 8.48. The zero-order chi connectivity index (χ0) is 8.27. The number of phenols is 1. The molecule has 0 fully saturated rings. The molecule has 61 valence electrons. The molecule has 0 aliphatic rings. The predicted octanol–water partition coefficient (Wildman–Crippen LogP) is 2.09. The third kappa shape index (κ3) is 2.39. The van der Waals surface area contributed by atoms with Gasteiger partial charge in [0.2, 0.25) is 0 Å². The van der Waals surface area contributed by atoms with Crippen LogP contribution in [0.1, 0.15) is 11.1 Å². The Morgan fingerprint density at radius 2 is 2.27 bits per heavy atom. The molecule has 0 radical (unpaired) electrons. The number of benzene rings is 1. The molecule has 0 amide bonds. The second-order valence-electron chi connectivity index (χ2n) is 2.24. The van der Waals surface area contributed by atoms with Crippen molar-refractivity contribution in [2.75, 3.05) is 0 Å². The average molecular weight is 257 g/mol. The Labute approximate surface area is 77.2 Å². The van der Waals surface area contributed by atoms with Gasteiger partial charge in [-0.15, -0.1) is 0 Å². The molecular formula is C8H8ClORu. The van der Waals surface area contributed by atoms with E-state index in [1.165, 1.54) is 0 Å². The van der Waals surface area contributed by atoms with Crippen molar-refractivity contribution >= 4 is 14.3 Å². The van der Waals surface area contributed by atoms with Crippen molar-refractivity contribution < 1.29 is 20.8 Å². The Kier molecular flexibility index (Phi) is 3.22. The fourth-order valence-electron chi connectivity index (χ4n) is 0.797. The third-order valence-electron chi connectivity index (χ3n) is 1.33. The molecule has 11 heavy (non-hydrogen) atoms. The molecule has 1 aromatic carbocycles. The number of hydrogen-bond acceptors (Lipinski definition) is 1. The van der Waals surface area contributed by atoms with Crippen LogP contribution in [0.5, 0.6) is 5.75 Å². The van der Waals surface area contributed by atoms with Gasteiger partial charge in [-0.3, -0.25) is 0 Å². The van der Waals surface area contributed by atoms with Crippen molar-refractivity contribution in [3.8, 4) is 5.75 Å². The Morgan fingerprint density at radius 3 is 2.91 bits per heavy atom. The van der Waals surface area contributed by atoms with Crippen LogP contribution in [0.2, 0.25) is 0 Å². The van der Waals surface area contributed by atoms with Crippen LogP contribution in [-0.2, 0) is 15.7 Å². The Morgan fingerprint density at radius 1 is 1.55 bits per heavy atom. The molecule has 0 heterocycles. The number of halogens is 1. The van der Waals surface area contributed by atoms with Crippen molar-refractivity contribution in [3.05, 3.63) is 29.3 Å². The fourth-order valence-corrected chi connectivity index (χ4v) is 1.90. The summed E-state index contributed by atoms with van der Waals surface area (Å²) in [6, 6.07) is 5.48. The quantitative estimate of drug-likeness (QED) is 0.763. The third-order valence-corrected chi connectivity index (χ3v) is 2.52. The van der Waals surface area contributed by atoms with Crippen LogP contribution < -0.4 is 0 Å². The van der Waals surface area contributed by atoms with Gasteiger partial charge in [0.25, 0.3) is 0 Å². The van der Waals surface area contributed by atoms with Gasteiger partial charge in [0, 0.05) is 0 Å². The maximum atomic E-state index is 9.29. The molecule has 0 aliphatic carbocycles. The summed E-state index contributed by atoms with van der Waals surface area (Å²) in [6.45, 7) is 1.99. The van der Waals surface area contributed by atoms with Crippen LogP contribution in [0.4, 0.5) is 0 Å². The van der Waals surface area contributed by atoms with E-state index in [1.807, 2.05) is 23.7 Å². The van der Waals surface area contributed by atoms with E-state index < -0.39 is 0 Å². The predicted molar refractivity (Wildman–Crippen MR) is 43.9 cm³/mol. The summed E-state index contributed by atoms with van der Waals surface area (Å²) in [5, 5.41) is 9.29. The minimum atomic E-state index is -0.261. The van der Waals surface area contributed by atoms with Crippen molar-refractivity contribution in [1.29, 1.82) is 0 Å². The summed E-state index contributed by atoms with van der Waals surface area (Å²) in [7, 11) is 5.58. The standard InChI is InChI=1S/C8H8O.ClH.Ru/c1-6-3-4-8(9)7(2)5-6;;/h2-5,9H,1H3;1H;/q;;+1/p-1. The van der Waals surface area contributed by atoms with Gasteiger partial charge < -0.3 is 0 Å². The molecule has 1 aromatic rings. The molecular weight excluding hydrogens is 249 g/mol. The van der Waals surface area contributed by atoms with Gasteiger partial charge >= 0.3 is 77.1 Å². The van der Waals surface area contributed by atoms with Gasteiger partial charge in [-0.1, -0.05) is 0 Å². The minimum absolute atomic E-state index is 0.261. The van der Waals surface area contributed by atoms with Gasteiger partial charge in [-0.2, -0.15) is 0 Å². The normalized spacial score (nSPS) is 11.5. The van der Waals surface area contributed by atoms with E-state index in [4.69, 9.17) is 9.69 Å². The van der Waals surface area contributed by atoms with Crippen LogP contribution in [0.3, 0.4) is 0 Å². The SMILES string of the molecule is Cc1ccc(O)c([CH]=[Ru][Cl])c1.